The summed E-state index contributed by atoms with van der Waals surface area (Å²) in [6, 6.07) is 36.5. The van der Waals surface area contributed by atoms with Crippen LogP contribution in [0.2, 0.25) is 0 Å². The standard InChI is InChI=1S/C28H20N2O2/c31-28(32-23-16-8-3-9-17-23)24(21-12-4-1-5-13-21)20-27-29-25-18-10-11-19-26(25)30(27)22-14-6-2-7-15-22/h1-20H. The van der Waals surface area contributed by atoms with Crippen molar-refractivity contribution in [1.82, 2.24) is 9.55 Å². The third-order valence-electron chi connectivity index (χ3n) is 5.13. The van der Waals surface area contributed by atoms with E-state index in [4.69, 9.17) is 9.72 Å². The summed E-state index contributed by atoms with van der Waals surface area (Å²) < 4.78 is 7.73. The van der Waals surface area contributed by atoms with Crippen LogP contribution in [0.15, 0.2) is 115 Å². The van der Waals surface area contributed by atoms with Crippen LogP contribution < -0.4 is 4.74 Å². The van der Waals surface area contributed by atoms with Gasteiger partial charge in [0.2, 0.25) is 0 Å². The molecule has 32 heavy (non-hydrogen) atoms. The highest BCUT2D eigenvalue weighted by Gasteiger charge is 2.18. The first-order chi connectivity index (χ1) is 15.8. The molecule has 1 aromatic heterocycles. The third kappa shape index (κ3) is 3.94. The molecule has 5 rings (SSSR count). The van der Waals surface area contributed by atoms with Crippen molar-refractivity contribution in [1.29, 1.82) is 0 Å². The monoisotopic (exact) mass is 416 g/mol. The van der Waals surface area contributed by atoms with Crippen LogP contribution in [0.25, 0.3) is 28.4 Å². The first-order valence-corrected chi connectivity index (χ1v) is 10.4. The van der Waals surface area contributed by atoms with Crippen LogP contribution in [-0.2, 0) is 4.79 Å². The van der Waals surface area contributed by atoms with Gasteiger partial charge in [-0.25, -0.2) is 9.78 Å². The first-order valence-electron chi connectivity index (χ1n) is 10.4. The Morgan fingerprint density at radius 1 is 0.719 bits per heavy atom. The summed E-state index contributed by atoms with van der Waals surface area (Å²) in [7, 11) is 0. The molecule has 0 aliphatic rings. The third-order valence-corrected chi connectivity index (χ3v) is 5.13. The van der Waals surface area contributed by atoms with Crippen molar-refractivity contribution in [2.45, 2.75) is 0 Å². The molecule has 4 heteroatoms. The fourth-order valence-electron chi connectivity index (χ4n) is 3.65. The van der Waals surface area contributed by atoms with Crippen LogP contribution in [0.3, 0.4) is 0 Å². The van der Waals surface area contributed by atoms with Gasteiger partial charge in [0.1, 0.15) is 11.6 Å². The molecule has 4 aromatic carbocycles. The minimum Gasteiger partial charge on any atom is -0.423 e. The summed E-state index contributed by atoms with van der Waals surface area (Å²) >= 11 is 0. The number of aromatic nitrogens is 2. The minimum atomic E-state index is -0.436. The number of benzene rings is 4. The van der Waals surface area contributed by atoms with Gasteiger partial charge in [-0.05, 0) is 48.0 Å². The van der Waals surface area contributed by atoms with Gasteiger partial charge in [-0.15, -0.1) is 0 Å². The van der Waals surface area contributed by atoms with Crippen LogP contribution in [0, 0.1) is 0 Å². The summed E-state index contributed by atoms with van der Waals surface area (Å²) in [5, 5.41) is 0. The maximum Gasteiger partial charge on any atom is 0.344 e. The molecule has 5 aromatic rings. The van der Waals surface area contributed by atoms with Crippen LogP contribution in [-0.4, -0.2) is 15.5 Å². The highest BCUT2D eigenvalue weighted by molar-refractivity contribution is 6.22. The van der Waals surface area contributed by atoms with Crippen LogP contribution in [0.4, 0.5) is 0 Å². The number of hydrogen-bond donors (Lipinski definition) is 0. The van der Waals surface area contributed by atoms with Crippen molar-refractivity contribution in [2.24, 2.45) is 0 Å². The summed E-state index contributed by atoms with van der Waals surface area (Å²) in [5.74, 6) is 0.714. The number of hydrogen-bond acceptors (Lipinski definition) is 3. The maximum atomic E-state index is 13.3. The second-order valence-electron chi connectivity index (χ2n) is 7.26. The van der Waals surface area contributed by atoms with Gasteiger partial charge in [-0.3, -0.25) is 4.57 Å². The van der Waals surface area contributed by atoms with Crippen molar-refractivity contribution in [3.05, 3.63) is 127 Å². The largest absolute Gasteiger partial charge is 0.423 e. The molecule has 4 nitrogen and oxygen atoms in total. The van der Waals surface area contributed by atoms with Crippen LogP contribution in [0.1, 0.15) is 11.4 Å². The lowest BCUT2D eigenvalue weighted by Gasteiger charge is -2.10. The number of para-hydroxylation sites is 4. The molecule has 0 N–H and O–H groups in total. The number of fused-ring (bicyclic) bond motifs is 1. The molecule has 0 atom stereocenters. The first kappa shape index (κ1) is 19.5. The zero-order valence-electron chi connectivity index (χ0n) is 17.3. The lowest BCUT2D eigenvalue weighted by atomic mass is 10.1. The van der Waals surface area contributed by atoms with E-state index in [9.17, 15) is 4.79 Å². The lowest BCUT2D eigenvalue weighted by molar-refractivity contribution is -0.127. The van der Waals surface area contributed by atoms with Gasteiger partial charge in [0.15, 0.2) is 0 Å². The van der Waals surface area contributed by atoms with Gasteiger partial charge in [-0.2, -0.15) is 0 Å². The number of esters is 1. The predicted octanol–water partition coefficient (Wildman–Crippen LogP) is 6.17. The van der Waals surface area contributed by atoms with Gasteiger partial charge in [0.05, 0.1) is 16.6 Å². The van der Waals surface area contributed by atoms with Gasteiger partial charge < -0.3 is 4.74 Å². The summed E-state index contributed by atoms with van der Waals surface area (Å²) in [4.78, 5) is 18.1. The molecule has 154 valence electrons. The van der Waals surface area contributed by atoms with E-state index in [0.29, 0.717) is 17.1 Å². The molecule has 0 saturated heterocycles. The molecule has 0 aliphatic heterocycles. The van der Waals surface area contributed by atoms with Crippen molar-refractivity contribution in [3.63, 3.8) is 0 Å². The number of nitrogens with zero attached hydrogens (tertiary/aromatic N) is 2. The van der Waals surface area contributed by atoms with Crippen LogP contribution >= 0.6 is 0 Å². The van der Waals surface area contributed by atoms with Gasteiger partial charge in [0.25, 0.3) is 0 Å². The van der Waals surface area contributed by atoms with Crippen molar-refractivity contribution in [2.75, 3.05) is 0 Å². The average Bonchev–Trinajstić information content (AvgIpc) is 3.22. The topological polar surface area (TPSA) is 44.1 Å². The Bertz CT molecular complexity index is 1390. The highest BCUT2D eigenvalue weighted by Crippen LogP contribution is 2.26. The molecule has 0 unspecified atom stereocenters. The molecule has 0 saturated carbocycles. The van der Waals surface area contributed by atoms with Crippen molar-refractivity contribution < 1.29 is 9.53 Å². The van der Waals surface area contributed by atoms with E-state index in [0.717, 1.165) is 22.3 Å². The number of rotatable bonds is 5. The fourth-order valence-corrected chi connectivity index (χ4v) is 3.65. The van der Waals surface area contributed by atoms with Gasteiger partial charge in [0, 0.05) is 5.69 Å². The molecule has 0 aliphatic carbocycles. The fraction of sp³-hybridized carbons (Fsp3) is 0. The second kappa shape index (κ2) is 8.74. The SMILES string of the molecule is O=C(Oc1ccccc1)C(=Cc1nc2ccccc2n1-c1ccccc1)c1ccccc1. The Hall–Kier alpha value is -4.44. The molecule has 0 fully saturated rings. The predicted molar refractivity (Wildman–Crippen MR) is 127 cm³/mol. The van der Waals surface area contributed by atoms with E-state index in [1.165, 1.54) is 0 Å². The smallest absolute Gasteiger partial charge is 0.344 e. The molecular weight excluding hydrogens is 396 g/mol. The molecule has 0 bridgehead atoms. The van der Waals surface area contributed by atoms with Crippen LogP contribution in [0.5, 0.6) is 5.75 Å². The van der Waals surface area contributed by atoms with E-state index in [1.807, 2.05) is 108 Å². The van der Waals surface area contributed by atoms with E-state index in [-0.39, 0.29) is 0 Å². The number of carbonyl (C=O) groups is 1. The zero-order valence-corrected chi connectivity index (χ0v) is 17.3. The Balaban J connectivity index is 1.68. The number of imidazole rings is 1. The average molecular weight is 416 g/mol. The van der Waals surface area contributed by atoms with Gasteiger partial charge in [-0.1, -0.05) is 78.9 Å². The van der Waals surface area contributed by atoms with E-state index >= 15 is 0 Å². The van der Waals surface area contributed by atoms with E-state index in [2.05, 4.69) is 0 Å². The van der Waals surface area contributed by atoms with Gasteiger partial charge >= 0.3 is 5.97 Å². The number of carbonyl (C=O) groups excluding carboxylic acids is 1. The Labute approximate surface area is 186 Å². The molecule has 0 radical (unpaired) electrons. The molecule has 0 amide bonds. The molecule has 0 spiro atoms. The normalized spacial score (nSPS) is 11.4. The zero-order chi connectivity index (χ0) is 21.8. The lowest BCUT2D eigenvalue weighted by Crippen LogP contribution is -2.11. The number of ether oxygens (including phenoxy) is 1. The summed E-state index contributed by atoms with van der Waals surface area (Å²) in [5.41, 5.74) is 3.98. The summed E-state index contributed by atoms with van der Waals surface area (Å²) in [6.07, 6.45) is 1.80. The molecule has 1 heterocycles. The van der Waals surface area contributed by atoms with E-state index < -0.39 is 5.97 Å². The van der Waals surface area contributed by atoms with E-state index in [1.54, 1.807) is 18.2 Å². The highest BCUT2D eigenvalue weighted by atomic mass is 16.5. The Kier molecular flexibility index (Phi) is 5.33. The van der Waals surface area contributed by atoms with Crippen molar-refractivity contribution >= 4 is 28.7 Å². The molecular formula is C28H20N2O2. The van der Waals surface area contributed by atoms with Crippen molar-refractivity contribution in [3.8, 4) is 11.4 Å². The quantitative estimate of drug-likeness (QED) is 0.195. The minimum absolute atomic E-state index is 0.432. The second-order valence-corrected chi connectivity index (χ2v) is 7.26. The maximum absolute atomic E-state index is 13.3. The summed E-state index contributed by atoms with van der Waals surface area (Å²) in [6.45, 7) is 0. The Morgan fingerprint density at radius 3 is 2.03 bits per heavy atom. The Morgan fingerprint density at radius 2 is 1.31 bits per heavy atom.